The number of nitrogens with one attached hydrogen (secondary N) is 1. The van der Waals surface area contributed by atoms with Gasteiger partial charge in [0.2, 0.25) is 0 Å². The Kier molecular flexibility index (Phi) is 3.64. The Morgan fingerprint density at radius 3 is 2.78 bits per heavy atom. The molecule has 1 atom stereocenters. The third-order valence-corrected chi connectivity index (χ3v) is 2.92. The van der Waals surface area contributed by atoms with Crippen LogP contribution in [0, 0.1) is 6.92 Å². The quantitative estimate of drug-likeness (QED) is 0.630. The highest BCUT2D eigenvalue weighted by atomic mass is 16.5. The fraction of sp³-hybridized carbons (Fsp3) is 0.308. The third kappa shape index (κ3) is 2.37. The fourth-order valence-electron chi connectivity index (χ4n) is 2.03. The average Bonchev–Trinajstić information content (AvgIpc) is 2.77. The van der Waals surface area contributed by atoms with E-state index in [1.165, 1.54) is 0 Å². The van der Waals surface area contributed by atoms with Crippen molar-refractivity contribution in [3.63, 3.8) is 0 Å². The highest BCUT2D eigenvalue weighted by Gasteiger charge is 2.18. The molecule has 0 amide bonds. The summed E-state index contributed by atoms with van der Waals surface area (Å²) in [5.41, 5.74) is 5.99. The van der Waals surface area contributed by atoms with Crippen LogP contribution in [0.25, 0.3) is 0 Å². The third-order valence-electron chi connectivity index (χ3n) is 2.92. The van der Waals surface area contributed by atoms with Crippen molar-refractivity contribution in [2.75, 3.05) is 7.11 Å². The number of hydrogen-bond donors (Lipinski definition) is 2. The normalized spacial score (nSPS) is 12.4. The van der Waals surface area contributed by atoms with Crippen LogP contribution in [0.2, 0.25) is 0 Å². The summed E-state index contributed by atoms with van der Waals surface area (Å²) in [6, 6.07) is 5.90. The molecule has 0 radical (unpaired) electrons. The van der Waals surface area contributed by atoms with E-state index >= 15 is 0 Å². The Balaban J connectivity index is 2.47. The number of aromatic nitrogens is 2. The van der Waals surface area contributed by atoms with Crippen molar-refractivity contribution in [1.82, 2.24) is 15.2 Å². The molecular weight excluding hydrogens is 228 g/mol. The van der Waals surface area contributed by atoms with Crippen LogP contribution >= 0.6 is 0 Å². The average molecular weight is 246 g/mol. The monoisotopic (exact) mass is 246 g/mol. The van der Waals surface area contributed by atoms with Crippen LogP contribution in [0.4, 0.5) is 0 Å². The van der Waals surface area contributed by atoms with Crippen LogP contribution in [-0.2, 0) is 7.05 Å². The molecule has 0 spiro atoms. The summed E-state index contributed by atoms with van der Waals surface area (Å²) in [5, 5.41) is 4.17. The minimum Gasteiger partial charge on any atom is -0.496 e. The zero-order chi connectivity index (χ0) is 13.1. The SMILES string of the molecule is COc1ccc(C)cc1C(NN)c1cnn(C)c1. The summed E-state index contributed by atoms with van der Waals surface area (Å²) in [6.45, 7) is 2.04. The number of hydrogen-bond acceptors (Lipinski definition) is 4. The van der Waals surface area contributed by atoms with Gasteiger partial charge in [-0.2, -0.15) is 5.10 Å². The van der Waals surface area contributed by atoms with Gasteiger partial charge in [-0.3, -0.25) is 10.5 Å². The maximum atomic E-state index is 5.68. The first-order chi connectivity index (χ1) is 8.65. The molecule has 2 aromatic rings. The van der Waals surface area contributed by atoms with Gasteiger partial charge in [0.15, 0.2) is 0 Å². The number of hydrazine groups is 1. The summed E-state index contributed by atoms with van der Waals surface area (Å²) in [7, 11) is 3.54. The van der Waals surface area contributed by atoms with Gasteiger partial charge in [-0.15, -0.1) is 0 Å². The molecule has 0 aliphatic heterocycles. The highest BCUT2D eigenvalue weighted by Crippen LogP contribution is 2.30. The number of nitrogens with two attached hydrogens (primary N) is 1. The number of rotatable bonds is 4. The molecule has 1 unspecified atom stereocenters. The smallest absolute Gasteiger partial charge is 0.124 e. The first-order valence-corrected chi connectivity index (χ1v) is 5.75. The van der Waals surface area contributed by atoms with E-state index in [1.54, 1.807) is 18.0 Å². The van der Waals surface area contributed by atoms with Gasteiger partial charge in [0.1, 0.15) is 5.75 Å². The van der Waals surface area contributed by atoms with Gasteiger partial charge >= 0.3 is 0 Å². The number of nitrogens with zero attached hydrogens (tertiary/aromatic N) is 2. The van der Waals surface area contributed by atoms with E-state index in [2.05, 4.69) is 16.6 Å². The van der Waals surface area contributed by atoms with Gasteiger partial charge in [0, 0.05) is 24.4 Å². The van der Waals surface area contributed by atoms with Crippen molar-refractivity contribution in [2.45, 2.75) is 13.0 Å². The van der Waals surface area contributed by atoms with Gasteiger partial charge in [0.25, 0.3) is 0 Å². The van der Waals surface area contributed by atoms with E-state index in [0.717, 1.165) is 22.4 Å². The Hall–Kier alpha value is -1.85. The van der Waals surface area contributed by atoms with Crippen LogP contribution in [0.15, 0.2) is 30.6 Å². The van der Waals surface area contributed by atoms with E-state index in [1.807, 2.05) is 32.3 Å². The van der Waals surface area contributed by atoms with Crippen molar-refractivity contribution in [2.24, 2.45) is 12.9 Å². The molecular formula is C13H18N4O. The number of methoxy groups -OCH3 is 1. The molecule has 0 fully saturated rings. The second-order valence-electron chi connectivity index (χ2n) is 4.29. The minimum absolute atomic E-state index is 0.131. The Bertz CT molecular complexity index is 536. The lowest BCUT2D eigenvalue weighted by Crippen LogP contribution is -2.29. The number of ether oxygens (including phenoxy) is 1. The molecule has 0 aliphatic rings. The van der Waals surface area contributed by atoms with Gasteiger partial charge in [-0.25, -0.2) is 5.43 Å². The largest absolute Gasteiger partial charge is 0.496 e. The number of aryl methyl sites for hydroxylation is 2. The molecule has 5 nitrogen and oxygen atoms in total. The molecule has 1 heterocycles. The Morgan fingerprint density at radius 2 is 2.22 bits per heavy atom. The molecule has 96 valence electrons. The summed E-state index contributed by atoms with van der Waals surface area (Å²) in [5.74, 6) is 6.49. The lowest BCUT2D eigenvalue weighted by atomic mass is 9.99. The molecule has 0 bridgehead atoms. The molecule has 18 heavy (non-hydrogen) atoms. The minimum atomic E-state index is -0.131. The summed E-state index contributed by atoms with van der Waals surface area (Å²) < 4.78 is 7.14. The van der Waals surface area contributed by atoms with Crippen molar-refractivity contribution < 1.29 is 4.74 Å². The van der Waals surface area contributed by atoms with Crippen molar-refractivity contribution in [3.05, 3.63) is 47.3 Å². The fourth-order valence-corrected chi connectivity index (χ4v) is 2.03. The summed E-state index contributed by atoms with van der Waals surface area (Å²) in [4.78, 5) is 0. The van der Waals surface area contributed by atoms with E-state index in [4.69, 9.17) is 10.6 Å². The standard InChI is InChI=1S/C13H18N4O/c1-9-4-5-12(18-3)11(6-9)13(16-14)10-7-15-17(2)8-10/h4-8,13,16H,14H2,1-3H3. The van der Waals surface area contributed by atoms with Gasteiger partial charge in [-0.05, 0) is 13.0 Å². The first-order valence-electron chi connectivity index (χ1n) is 5.75. The highest BCUT2D eigenvalue weighted by molar-refractivity contribution is 5.42. The van der Waals surface area contributed by atoms with Crippen molar-refractivity contribution in [3.8, 4) is 5.75 Å². The predicted octanol–water partition coefficient (Wildman–Crippen LogP) is 1.29. The Morgan fingerprint density at radius 1 is 1.44 bits per heavy atom. The van der Waals surface area contributed by atoms with Crippen molar-refractivity contribution >= 4 is 0 Å². The second kappa shape index (κ2) is 5.20. The van der Waals surface area contributed by atoms with Crippen LogP contribution in [0.1, 0.15) is 22.7 Å². The molecule has 3 N–H and O–H groups in total. The predicted molar refractivity (Wildman–Crippen MR) is 70.1 cm³/mol. The topological polar surface area (TPSA) is 65.1 Å². The van der Waals surface area contributed by atoms with Gasteiger partial charge < -0.3 is 4.74 Å². The van der Waals surface area contributed by atoms with Crippen LogP contribution in [0.3, 0.4) is 0 Å². The van der Waals surface area contributed by atoms with Crippen molar-refractivity contribution in [1.29, 1.82) is 0 Å². The van der Waals surface area contributed by atoms with Crippen LogP contribution < -0.4 is 16.0 Å². The van der Waals surface area contributed by atoms with Gasteiger partial charge in [0.05, 0.1) is 19.3 Å². The Labute approximate surface area is 107 Å². The maximum absolute atomic E-state index is 5.68. The lowest BCUT2D eigenvalue weighted by molar-refractivity contribution is 0.404. The summed E-state index contributed by atoms with van der Waals surface area (Å²) >= 11 is 0. The second-order valence-corrected chi connectivity index (χ2v) is 4.29. The van der Waals surface area contributed by atoms with Crippen LogP contribution in [0.5, 0.6) is 5.75 Å². The van der Waals surface area contributed by atoms with Gasteiger partial charge in [-0.1, -0.05) is 17.7 Å². The zero-order valence-corrected chi connectivity index (χ0v) is 10.8. The molecule has 0 saturated carbocycles. The van der Waals surface area contributed by atoms with Crippen LogP contribution in [-0.4, -0.2) is 16.9 Å². The van der Waals surface area contributed by atoms with E-state index in [0.29, 0.717) is 0 Å². The maximum Gasteiger partial charge on any atom is 0.124 e. The molecule has 5 heteroatoms. The van der Waals surface area contributed by atoms with E-state index in [-0.39, 0.29) is 6.04 Å². The molecule has 1 aromatic heterocycles. The summed E-state index contributed by atoms with van der Waals surface area (Å²) in [6.07, 6.45) is 3.73. The van der Waals surface area contributed by atoms with E-state index in [9.17, 15) is 0 Å². The molecule has 1 aromatic carbocycles. The number of benzene rings is 1. The van der Waals surface area contributed by atoms with E-state index < -0.39 is 0 Å². The lowest BCUT2D eigenvalue weighted by Gasteiger charge is -2.18. The molecule has 2 rings (SSSR count). The molecule has 0 saturated heterocycles. The zero-order valence-electron chi connectivity index (χ0n) is 10.8. The first kappa shape index (κ1) is 12.6. The molecule has 0 aliphatic carbocycles.